The zero-order chi connectivity index (χ0) is 21.5. The van der Waals surface area contributed by atoms with E-state index in [2.05, 4.69) is 0 Å². The molecule has 0 amide bonds. The molecule has 0 atom stereocenters. The van der Waals surface area contributed by atoms with Gasteiger partial charge in [-0.2, -0.15) is 5.10 Å². The average Bonchev–Trinajstić information content (AvgIpc) is 3.13. The fourth-order valence-corrected chi connectivity index (χ4v) is 4.15. The maximum Gasteiger partial charge on any atom is 0.238 e. The molecule has 0 aliphatic carbocycles. The molecular weight excluding hydrogens is 465 g/mol. The molecule has 0 saturated heterocycles. The molecule has 0 bridgehead atoms. The van der Waals surface area contributed by atoms with Gasteiger partial charge in [-0.3, -0.25) is 0 Å². The third-order valence-corrected chi connectivity index (χ3v) is 6.20. The van der Waals surface area contributed by atoms with Crippen molar-refractivity contribution in [3.05, 3.63) is 87.9 Å². The number of benzene rings is 3. The number of hydrogen-bond acceptors (Lipinski definition) is 3. The molecule has 2 N–H and O–H groups in total. The highest BCUT2D eigenvalue weighted by atomic mass is 35.5. The maximum absolute atomic E-state index is 11.6. The van der Waals surface area contributed by atoms with Crippen LogP contribution in [0.3, 0.4) is 0 Å². The minimum Gasteiger partial charge on any atom is -0.232 e. The van der Waals surface area contributed by atoms with Gasteiger partial charge in [0.1, 0.15) is 0 Å². The van der Waals surface area contributed by atoms with E-state index in [0.717, 1.165) is 11.1 Å². The molecule has 5 nitrogen and oxygen atoms in total. The van der Waals surface area contributed by atoms with Crippen molar-refractivity contribution in [2.24, 2.45) is 5.14 Å². The lowest BCUT2D eigenvalue weighted by Crippen LogP contribution is -2.12. The zero-order valence-corrected chi connectivity index (χ0v) is 18.3. The van der Waals surface area contributed by atoms with Crippen molar-refractivity contribution < 1.29 is 8.42 Å². The van der Waals surface area contributed by atoms with Gasteiger partial charge < -0.3 is 0 Å². The minimum atomic E-state index is -3.80. The van der Waals surface area contributed by atoms with Crippen LogP contribution in [-0.2, 0) is 10.0 Å². The molecule has 3 aromatic carbocycles. The normalized spacial score (nSPS) is 11.6. The van der Waals surface area contributed by atoms with Crippen LogP contribution in [0.4, 0.5) is 0 Å². The molecule has 0 aliphatic heterocycles. The Hall–Kier alpha value is -2.35. The van der Waals surface area contributed by atoms with Gasteiger partial charge in [0.2, 0.25) is 10.0 Å². The monoisotopic (exact) mass is 477 g/mol. The van der Waals surface area contributed by atoms with Gasteiger partial charge in [0.25, 0.3) is 0 Å². The van der Waals surface area contributed by atoms with Crippen LogP contribution in [0.5, 0.6) is 0 Å². The number of sulfonamides is 1. The van der Waals surface area contributed by atoms with E-state index < -0.39 is 10.0 Å². The third kappa shape index (κ3) is 4.24. The molecule has 0 fully saturated rings. The van der Waals surface area contributed by atoms with Crippen LogP contribution < -0.4 is 5.14 Å². The highest BCUT2D eigenvalue weighted by molar-refractivity contribution is 7.89. The summed E-state index contributed by atoms with van der Waals surface area (Å²) >= 11 is 18.5. The molecule has 4 rings (SSSR count). The van der Waals surface area contributed by atoms with Gasteiger partial charge in [-0.1, -0.05) is 46.9 Å². The first-order chi connectivity index (χ1) is 14.2. The molecule has 1 aromatic heterocycles. The lowest BCUT2D eigenvalue weighted by Gasteiger charge is -2.10. The molecule has 1 heterocycles. The summed E-state index contributed by atoms with van der Waals surface area (Å²) in [6.45, 7) is 0. The van der Waals surface area contributed by atoms with Gasteiger partial charge >= 0.3 is 0 Å². The Balaban J connectivity index is 1.90. The predicted octanol–water partition coefficient (Wildman–Crippen LogP) is 5.81. The van der Waals surface area contributed by atoms with Crippen LogP contribution in [-0.4, -0.2) is 18.2 Å². The summed E-state index contributed by atoms with van der Waals surface area (Å²) in [6, 6.07) is 20.5. The van der Waals surface area contributed by atoms with Gasteiger partial charge in [0.15, 0.2) is 0 Å². The number of rotatable bonds is 4. The van der Waals surface area contributed by atoms with Crippen LogP contribution >= 0.6 is 34.8 Å². The first kappa shape index (κ1) is 20.9. The number of primary sulfonamides is 1. The van der Waals surface area contributed by atoms with E-state index in [1.807, 2.05) is 24.3 Å². The van der Waals surface area contributed by atoms with Gasteiger partial charge in [-0.25, -0.2) is 18.2 Å². The molecule has 152 valence electrons. The van der Waals surface area contributed by atoms with Crippen LogP contribution in [0, 0.1) is 0 Å². The van der Waals surface area contributed by atoms with Crippen molar-refractivity contribution in [1.82, 2.24) is 9.78 Å². The minimum absolute atomic E-state index is 0.0161. The molecule has 30 heavy (non-hydrogen) atoms. The van der Waals surface area contributed by atoms with E-state index in [1.54, 1.807) is 41.1 Å². The SMILES string of the molecule is NS(=O)(=O)c1ccc(-n2nc(-c3ccc(Cl)cc3)cc2-c2ccc(Cl)cc2Cl)cc1. The predicted molar refractivity (Wildman–Crippen MR) is 121 cm³/mol. The molecule has 0 unspecified atom stereocenters. The summed E-state index contributed by atoms with van der Waals surface area (Å²) in [4.78, 5) is 0.0161. The average molecular weight is 479 g/mol. The summed E-state index contributed by atoms with van der Waals surface area (Å²) < 4.78 is 24.8. The van der Waals surface area contributed by atoms with E-state index >= 15 is 0 Å². The lowest BCUT2D eigenvalue weighted by molar-refractivity contribution is 0.598. The first-order valence-electron chi connectivity index (χ1n) is 8.67. The lowest BCUT2D eigenvalue weighted by atomic mass is 10.1. The number of aromatic nitrogens is 2. The Bertz CT molecular complexity index is 1330. The van der Waals surface area contributed by atoms with E-state index in [-0.39, 0.29) is 4.90 Å². The van der Waals surface area contributed by atoms with E-state index in [9.17, 15) is 8.42 Å². The maximum atomic E-state index is 11.6. The molecule has 0 saturated carbocycles. The van der Waals surface area contributed by atoms with E-state index in [4.69, 9.17) is 45.0 Å². The molecule has 4 aromatic rings. The van der Waals surface area contributed by atoms with Gasteiger partial charge in [0, 0.05) is 21.2 Å². The molecule has 0 radical (unpaired) electrons. The second-order valence-electron chi connectivity index (χ2n) is 6.50. The van der Waals surface area contributed by atoms with Crippen LogP contribution in [0.2, 0.25) is 15.1 Å². The fourth-order valence-electron chi connectivity index (χ4n) is 3.01. The summed E-state index contributed by atoms with van der Waals surface area (Å²) in [5, 5.41) is 11.5. The Morgan fingerprint density at radius 1 is 0.800 bits per heavy atom. The second-order valence-corrected chi connectivity index (χ2v) is 9.34. The van der Waals surface area contributed by atoms with E-state index in [0.29, 0.717) is 32.1 Å². The highest BCUT2D eigenvalue weighted by Crippen LogP contribution is 2.34. The van der Waals surface area contributed by atoms with Crippen molar-refractivity contribution in [2.45, 2.75) is 4.90 Å². The van der Waals surface area contributed by atoms with Gasteiger partial charge in [-0.05, 0) is 60.7 Å². The Labute approximate surface area is 188 Å². The van der Waals surface area contributed by atoms with Crippen LogP contribution in [0.1, 0.15) is 0 Å². The largest absolute Gasteiger partial charge is 0.238 e. The van der Waals surface area contributed by atoms with Crippen molar-refractivity contribution in [3.8, 4) is 28.2 Å². The third-order valence-electron chi connectivity index (χ3n) is 4.47. The Kier molecular flexibility index (Phi) is 5.61. The second kappa shape index (κ2) is 8.06. The fraction of sp³-hybridized carbons (Fsp3) is 0. The Morgan fingerprint density at radius 3 is 2.03 bits per heavy atom. The summed E-state index contributed by atoms with van der Waals surface area (Å²) in [5.74, 6) is 0. The van der Waals surface area contributed by atoms with Crippen molar-refractivity contribution in [1.29, 1.82) is 0 Å². The number of hydrogen-bond donors (Lipinski definition) is 1. The topological polar surface area (TPSA) is 78.0 Å². The summed E-state index contributed by atoms with van der Waals surface area (Å²) in [5.41, 5.74) is 3.65. The van der Waals surface area contributed by atoms with Gasteiger partial charge in [-0.15, -0.1) is 0 Å². The van der Waals surface area contributed by atoms with Crippen LogP contribution in [0.25, 0.3) is 28.2 Å². The molecule has 0 spiro atoms. The quantitative estimate of drug-likeness (QED) is 0.402. The van der Waals surface area contributed by atoms with Crippen molar-refractivity contribution in [2.75, 3.05) is 0 Å². The Morgan fingerprint density at radius 2 is 1.43 bits per heavy atom. The first-order valence-corrected chi connectivity index (χ1v) is 11.3. The molecule has 0 aliphatic rings. The number of nitrogens with two attached hydrogens (primary N) is 1. The van der Waals surface area contributed by atoms with Crippen molar-refractivity contribution in [3.63, 3.8) is 0 Å². The number of nitrogens with zero attached hydrogens (tertiary/aromatic N) is 2. The molecular formula is C21H14Cl3N3O2S. The standard InChI is InChI=1S/C21H14Cl3N3O2S/c22-14-3-1-13(2-4-14)20-12-21(18-10-5-15(23)11-19(18)24)27(26-20)16-6-8-17(9-7-16)30(25,28)29/h1-12H,(H2,25,28,29). The van der Waals surface area contributed by atoms with Crippen LogP contribution in [0.15, 0.2) is 77.7 Å². The number of halogens is 3. The highest BCUT2D eigenvalue weighted by Gasteiger charge is 2.17. The summed E-state index contributed by atoms with van der Waals surface area (Å²) in [7, 11) is -3.80. The smallest absolute Gasteiger partial charge is 0.232 e. The zero-order valence-electron chi connectivity index (χ0n) is 15.3. The van der Waals surface area contributed by atoms with E-state index in [1.165, 1.54) is 12.1 Å². The summed E-state index contributed by atoms with van der Waals surface area (Å²) in [6.07, 6.45) is 0. The molecule has 9 heteroatoms. The van der Waals surface area contributed by atoms with Crippen molar-refractivity contribution >= 4 is 44.8 Å². The van der Waals surface area contributed by atoms with Gasteiger partial charge in [0.05, 0.1) is 27.0 Å².